The van der Waals surface area contributed by atoms with Crippen LogP contribution in [0.5, 0.6) is 0 Å². The summed E-state index contributed by atoms with van der Waals surface area (Å²) in [6, 6.07) is 12.7. The molecule has 2 aromatic rings. The number of fused-ring (bicyclic) bond motifs is 2. The molecule has 192 valence electrons. The van der Waals surface area contributed by atoms with Gasteiger partial charge in [0.25, 0.3) is 0 Å². The largest absolute Gasteiger partial charge is 0.465 e. The number of nitrogens with zero attached hydrogens (tertiary/aromatic N) is 2. The van der Waals surface area contributed by atoms with E-state index in [2.05, 4.69) is 0 Å². The number of Topliss-reactive ketones (excluding diaryl/α,β-unsaturated/α-hetero) is 1. The monoisotopic (exact) mass is 532 g/mol. The van der Waals surface area contributed by atoms with Crippen LogP contribution in [0.1, 0.15) is 37.1 Å². The highest BCUT2D eigenvalue weighted by Crippen LogP contribution is 2.60. The Hall–Kier alpha value is -2.45. The van der Waals surface area contributed by atoms with Crippen molar-refractivity contribution in [2.45, 2.75) is 25.9 Å². The van der Waals surface area contributed by atoms with Gasteiger partial charge in [-0.3, -0.25) is 19.3 Å². The Bertz CT molecular complexity index is 1070. The zero-order valence-corrected chi connectivity index (χ0v) is 22.3. The molecular formula is C27H30Cl2N2O5. The van der Waals surface area contributed by atoms with Crippen LogP contribution >= 0.6 is 23.2 Å². The Morgan fingerprint density at radius 3 is 1.50 bits per heavy atom. The highest BCUT2D eigenvalue weighted by atomic mass is 35.5. The summed E-state index contributed by atoms with van der Waals surface area (Å²) < 4.78 is 11.1. The Balaban J connectivity index is 2.05. The third kappa shape index (κ3) is 4.02. The molecule has 36 heavy (non-hydrogen) atoms. The van der Waals surface area contributed by atoms with Gasteiger partial charge in [-0.1, -0.05) is 47.5 Å². The van der Waals surface area contributed by atoms with Gasteiger partial charge in [-0.05, 0) is 63.3 Å². The second-order valence-electron chi connectivity index (χ2n) is 9.46. The predicted octanol–water partition coefficient (Wildman–Crippen LogP) is 4.33. The number of ether oxygens (including phenoxy) is 2. The molecule has 0 aliphatic carbocycles. The summed E-state index contributed by atoms with van der Waals surface area (Å²) in [5, 5.41) is 1.06. The molecule has 4 rings (SSSR count). The predicted molar refractivity (Wildman–Crippen MR) is 137 cm³/mol. The van der Waals surface area contributed by atoms with Gasteiger partial charge >= 0.3 is 11.9 Å². The van der Waals surface area contributed by atoms with Gasteiger partial charge in [0, 0.05) is 23.1 Å². The van der Waals surface area contributed by atoms with Crippen LogP contribution in [0.2, 0.25) is 10.0 Å². The summed E-state index contributed by atoms with van der Waals surface area (Å²) in [5.41, 5.74) is -1.90. The van der Waals surface area contributed by atoms with E-state index in [0.29, 0.717) is 10.0 Å². The van der Waals surface area contributed by atoms with Gasteiger partial charge in [-0.25, -0.2) is 0 Å². The van der Waals surface area contributed by atoms with Gasteiger partial charge in [0.05, 0.1) is 25.3 Å². The van der Waals surface area contributed by atoms with E-state index >= 15 is 0 Å². The van der Waals surface area contributed by atoms with E-state index in [-0.39, 0.29) is 26.3 Å². The zero-order valence-electron chi connectivity index (χ0n) is 20.8. The van der Waals surface area contributed by atoms with E-state index in [1.54, 1.807) is 45.2 Å². The lowest BCUT2D eigenvalue weighted by Gasteiger charge is -2.61. The lowest BCUT2D eigenvalue weighted by atomic mass is 9.54. The van der Waals surface area contributed by atoms with Crippen molar-refractivity contribution in [2.75, 3.05) is 40.4 Å². The molecule has 2 aliphatic rings. The summed E-state index contributed by atoms with van der Waals surface area (Å²) in [6.45, 7) is 3.78. The van der Waals surface area contributed by atoms with Crippen LogP contribution in [0, 0.1) is 10.8 Å². The van der Waals surface area contributed by atoms with Crippen molar-refractivity contribution in [1.29, 1.82) is 0 Å². The van der Waals surface area contributed by atoms with E-state index in [1.165, 1.54) is 0 Å². The average Bonchev–Trinajstić information content (AvgIpc) is 2.83. The number of carbonyl (C=O) groups excluding carboxylic acids is 3. The van der Waals surface area contributed by atoms with Gasteiger partial charge in [-0.15, -0.1) is 0 Å². The molecule has 2 aliphatic heterocycles. The second-order valence-corrected chi connectivity index (χ2v) is 10.3. The molecule has 2 bridgehead atoms. The van der Waals surface area contributed by atoms with Crippen LogP contribution < -0.4 is 0 Å². The normalized spacial score (nSPS) is 28.6. The fourth-order valence-corrected chi connectivity index (χ4v) is 6.35. The molecule has 2 heterocycles. The van der Waals surface area contributed by atoms with Crippen molar-refractivity contribution in [2.24, 2.45) is 10.8 Å². The van der Waals surface area contributed by atoms with Crippen LogP contribution in [-0.2, 0) is 23.9 Å². The molecule has 2 fully saturated rings. The molecule has 4 atom stereocenters. The zero-order chi connectivity index (χ0) is 26.3. The highest BCUT2D eigenvalue weighted by Gasteiger charge is 2.74. The number of halogens is 2. The van der Waals surface area contributed by atoms with Crippen LogP contribution in [0.4, 0.5) is 0 Å². The minimum absolute atomic E-state index is 0.0940. The summed E-state index contributed by atoms with van der Waals surface area (Å²) in [4.78, 5) is 46.2. The summed E-state index contributed by atoms with van der Waals surface area (Å²) in [6.07, 6.45) is 0. The number of ketones is 1. The number of piperidine rings is 2. The Kier molecular flexibility index (Phi) is 7.49. The molecule has 7 nitrogen and oxygen atoms in total. The Labute approximate surface area is 221 Å². The van der Waals surface area contributed by atoms with Crippen molar-refractivity contribution in [3.05, 3.63) is 69.7 Å². The van der Waals surface area contributed by atoms with E-state index in [1.807, 2.05) is 41.1 Å². The highest BCUT2D eigenvalue weighted by molar-refractivity contribution is 6.30. The molecular weight excluding hydrogens is 503 g/mol. The van der Waals surface area contributed by atoms with Crippen molar-refractivity contribution in [3.63, 3.8) is 0 Å². The number of likely N-dealkylation sites (tertiary alicyclic amines) is 2. The maximum atomic E-state index is 14.8. The van der Waals surface area contributed by atoms with Crippen LogP contribution in [0.3, 0.4) is 0 Å². The molecule has 0 aromatic heterocycles. The van der Waals surface area contributed by atoms with Crippen molar-refractivity contribution < 1.29 is 23.9 Å². The van der Waals surface area contributed by atoms with Gasteiger partial charge < -0.3 is 14.4 Å². The van der Waals surface area contributed by atoms with Crippen molar-refractivity contribution >= 4 is 40.9 Å². The Morgan fingerprint density at radius 2 is 1.17 bits per heavy atom. The van der Waals surface area contributed by atoms with Crippen LogP contribution in [-0.4, -0.2) is 67.9 Å². The van der Waals surface area contributed by atoms with E-state index < -0.39 is 40.6 Å². The maximum absolute atomic E-state index is 14.8. The molecule has 0 radical (unpaired) electrons. The third-order valence-corrected chi connectivity index (χ3v) is 7.75. The van der Waals surface area contributed by atoms with Gasteiger partial charge in [0.1, 0.15) is 0 Å². The van der Waals surface area contributed by atoms with Crippen LogP contribution in [0.15, 0.2) is 48.5 Å². The SMILES string of the molecule is CCOC(=O)[C@]12CN(C)C[C@](C(=O)OCC)(C1=O)[C@@H](c1ccc(Cl)cc1)N(C)[C@H]2c1ccc(Cl)cc1. The Morgan fingerprint density at radius 1 is 0.806 bits per heavy atom. The number of hydrogen-bond acceptors (Lipinski definition) is 7. The number of carbonyl (C=O) groups is 3. The van der Waals surface area contributed by atoms with Gasteiger partial charge in [0.2, 0.25) is 0 Å². The van der Waals surface area contributed by atoms with Gasteiger partial charge in [0.15, 0.2) is 16.6 Å². The number of hydrogen-bond donors (Lipinski definition) is 0. The lowest BCUT2D eigenvalue weighted by Crippen LogP contribution is -2.75. The molecule has 2 saturated heterocycles. The lowest BCUT2D eigenvalue weighted by molar-refractivity contribution is -0.203. The summed E-state index contributed by atoms with van der Waals surface area (Å²) >= 11 is 12.3. The number of rotatable bonds is 6. The summed E-state index contributed by atoms with van der Waals surface area (Å²) in [5.74, 6) is -1.80. The molecule has 0 spiro atoms. The smallest absolute Gasteiger partial charge is 0.322 e. The molecule has 0 unspecified atom stereocenters. The quantitative estimate of drug-likeness (QED) is 0.404. The van der Waals surface area contributed by atoms with Crippen molar-refractivity contribution in [3.8, 4) is 0 Å². The van der Waals surface area contributed by atoms with Gasteiger partial charge in [-0.2, -0.15) is 0 Å². The van der Waals surface area contributed by atoms with E-state index in [4.69, 9.17) is 32.7 Å². The number of esters is 2. The minimum atomic E-state index is -1.67. The standard InChI is InChI=1S/C27H30Cl2N2O5/c1-5-35-24(33)26-15-30(3)16-27(23(26)32,25(34)36-6-2)22(18-9-13-20(29)14-10-18)31(4)21(26)17-7-11-19(28)12-8-17/h7-14,21-22H,5-6,15-16H2,1-4H3/t21-,22+,26-,27+. The summed E-state index contributed by atoms with van der Waals surface area (Å²) in [7, 11) is 3.63. The first kappa shape index (κ1) is 26.6. The first-order chi connectivity index (χ1) is 17.1. The average molecular weight is 533 g/mol. The fraction of sp³-hybridized carbons (Fsp3) is 0.444. The molecule has 0 N–H and O–H groups in total. The maximum Gasteiger partial charge on any atom is 0.322 e. The molecule has 9 heteroatoms. The molecule has 2 aromatic carbocycles. The third-order valence-electron chi connectivity index (χ3n) is 7.25. The fourth-order valence-electron chi connectivity index (χ4n) is 6.10. The van der Waals surface area contributed by atoms with Crippen molar-refractivity contribution in [1.82, 2.24) is 9.80 Å². The second kappa shape index (κ2) is 10.1. The van der Waals surface area contributed by atoms with E-state index in [9.17, 15) is 14.4 Å². The first-order valence-corrected chi connectivity index (χ1v) is 12.7. The number of benzene rings is 2. The topological polar surface area (TPSA) is 76.1 Å². The molecule has 0 amide bonds. The first-order valence-electron chi connectivity index (χ1n) is 11.9. The van der Waals surface area contributed by atoms with E-state index in [0.717, 1.165) is 11.1 Å². The minimum Gasteiger partial charge on any atom is -0.465 e. The van der Waals surface area contributed by atoms with Crippen LogP contribution in [0.25, 0.3) is 0 Å². The molecule has 0 saturated carbocycles.